The molecule has 1 rings (SSSR count). The number of aromatic nitrogens is 1. The van der Waals surface area contributed by atoms with Crippen LogP contribution in [0.5, 0.6) is 0 Å². The van der Waals surface area contributed by atoms with Gasteiger partial charge in [0, 0.05) is 12.6 Å². The summed E-state index contributed by atoms with van der Waals surface area (Å²) in [5.41, 5.74) is 4.80. The van der Waals surface area contributed by atoms with Gasteiger partial charge in [0.05, 0.1) is 5.56 Å². The molecule has 0 atom stereocenters. The van der Waals surface area contributed by atoms with Crippen molar-refractivity contribution < 1.29 is 8.78 Å². The SMILES string of the molecule is NCCC(F)(F)c1cccnc1Cl. The number of alkyl halides is 2. The zero-order valence-electron chi connectivity index (χ0n) is 6.80. The zero-order chi connectivity index (χ0) is 9.90. The predicted molar refractivity (Wildman–Crippen MR) is 46.8 cm³/mol. The number of nitrogens with two attached hydrogens (primary N) is 1. The Balaban J connectivity index is 2.99. The van der Waals surface area contributed by atoms with E-state index in [9.17, 15) is 8.78 Å². The number of hydrogen-bond acceptors (Lipinski definition) is 2. The molecule has 0 amide bonds. The van der Waals surface area contributed by atoms with Crippen molar-refractivity contribution in [2.45, 2.75) is 12.3 Å². The molecule has 13 heavy (non-hydrogen) atoms. The van der Waals surface area contributed by atoms with Gasteiger partial charge in [-0.3, -0.25) is 0 Å². The lowest BCUT2D eigenvalue weighted by atomic mass is 10.1. The topological polar surface area (TPSA) is 38.9 Å². The zero-order valence-corrected chi connectivity index (χ0v) is 7.56. The smallest absolute Gasteiger partial charge is 0.277 e. The second-order valence-electron chi connectivity index (χ2n) is 2.58. The molecule has 2 N–H and O–H groups in total. The van der Waals surface area contributed by atoms with E-state index in [1.165, 1.54) is 18.3 Å². The monoisotopic (exact) mass is 206 g/mol. The maximum absolute atomic E-state index is 13.2. The molecule has 0 saturated carbocycles. The van der Waals surface area contributed by atoms with E-state index in [4.69, 9.17) is 17.3 Å². The molecular formula is C8H9ClF2N2. The summed E-state index contributed by atoms with van der Waals surface area (Å²) in [6.07, 6.45) is 0.947. The van der Waals surface area contributed by atoms with E-state index in [1.807, 2.05) is 0 Å². The maximum atomic E-state index is 13.2. The van der Waals surface area contributed by atoms with E-state index in [2.05, 4.69) is 4.98 Å². The molecular weight excluding hydrogens is 198 g/mol. The lowest BCUT2D eigenvalue weighted by molar-refractivity contribution is -0.0109. The lowest BCUT2D eigenvalue weighted by Crippen LogP contribution is -2.19. The summed E-state index contributed by atoms with van der Waals surface area (Å²) < 4.78 is 26.4. The first-order valence-corrected chi connectivity index (χ1v) is 4.14. The van der Waals surface area contributed by atoms with Crippen molar-refractivity contribution in [3.05, 3.63) is 29.0 Å². The Bertz CT molecular complexity index is 291. The maximum Gasteiger partial charge on any atom is 0.277 e. The van der Waals surface area contributed by atoms with Gasteiger partial charge < -0.3 is 5.73 Å². The molecule has 0 aliphatic rings. The van der Waals surface area contributed by atoms with E-state index in [0.717, 1.165) is 0 Å². The second kappa shape index (κ2) is 3.98. The van der Waals surface area contributed by atoms with Gasteiger partial charge in [0.1, 0.15) is 5.15 Å². The van der Waals surface area contributed by atoms with Gasteiger partial charge in [-0.1, -0.05) is 11.6 Å². The fourth-order valence-corrected chi connectivity index (χ4v) is 1.23. The van der Waals surface area contributed by atoms with Crippen LogP contribution in [0.3, 0.4) is 0 Å². The van der Waals surface area contributed by atoms with Gasteiger partial charge in [-0.25, -0.2) is 13.8 Å². The van der Waals surface area contributed by atoms with Crippen molar-refractivity contribution in [1.29, 1.82) is 0 Å². The summed E-state index contributed by atoms with van der Waals surface area (Å²) in [6, 6.07) is 2.68. The van der Waals surface area contributed by atoms with Crippen molar-refractivity contribution in [3.63, 3.8) is 0 Å². The Morgan fingerprint density at radius 1 is 1.54 bits per heavy atom. The van der Waals surface area contributed by atoms with Crippen LogP contribution in [0, 0.1) is 0 Å². The normalized spacial score (nSPS) is 11.7. The minimum absolute atomic E-state index is 0.0851. The molecule has 0 fully saturated rings. The minimum atomic E-state index is -2.99. The van der Waals surface area contributed by atoms with Gasteiger partial charge in [0.2, 0.25) is 0 Å². The standard InChI is InChI=1S/C8H9ClF2N2/c9-7-6(2-1-5-13-7)8(10,11)3-4-12/h1-2,5H,3-4,12H2. The Labute approximate surface area is 79.7 Å². The van der Waals surface area contributed by atoms with Crippen LogP contribution < -0.4 is 5.73 Å². The Kier molecular flexibility index (Phi) is 3.17. The number of rotatable bonds is 3. The molecule has 1 aromatic rings. The number of halogens is 3. The van der Waals surface area contributed by atoms with Crippen molar-refractivity contribution in [2.75, 3.05) is 6.54 Å². The van der Waals surface area contributed by atoms with Gasteiger partial charge in [-0.15, -0.1) is 0 Å². The second-order valence-corrected chi connectivity index (χ2v) is 2.94. The van der Waals surface area contributed by atoms with E-state index in [-0.39, 0.29) is 17.3 Å². The highest BCUT2D eigenvalue weighted by Gasteiger charge is 2.32. The van der Waals surface area contributed by atoms with Gasteiger partial charge in [-0.2, -0.15) is 0 Å². The summed E-state index contributed by atoms with van der Waals surface area (Å²) in [7, 11) is 0. The van der Waals surface area contributed by atoms with Crippen LogP contribution in [-0.2, 0) is 5.92 Å². The fraction of sp³-hybridized carbons (Fsp3) is 0.375. The summed E-state index contributed by atoms with van der Waals surface area (Å²) >= 11 is 5.51. The van der Waals surface area contributed by atoms with E-state index >= 15 is 0 Å². The third kappa shape index (κ3) is 2.35. The molecule has 0 unspecified atom stereocenters. The van der Waals surface area contributed by atoms with Gasteiger partial charge in [0.15, 0.2) is 0 Å². The van der Waals surface area contributed by atoms with Gasteiger partial charge in [-0.05, 0) is 18.7 Å². The fourth-order valence-electron chi connectivity index (χ4n) is 0.975. The van der Waals surface area contributed by atoms with Crippen molar-refractivity contribution in [3.8, 4) is 0 Å². The van der Waals surface area contributed by atoms with Crippen LogP contribution in [0.25, 0.3) is 0 Å². The molecule has 0 radical (unpaired) electrons. The molecule has 72 valence electrons. The van der Waals surface area contributed by atoms with Crippen LogP contribution in [0.1, 0.15) is 12.0 Å². The lowest BCUT2D eigenvalue weighted by Gasteiger charge is -2.15. The van der Waals surface area contributed by atoms with Crippen LogP contribution in [0.2, 0.25) is 5.15 Å². The van der Waals surface area contributed by atoms with Gasteiger partial charge >= 0.3 is 0 Å². The Hall–Kier alpha value is -0.740. The van der Waals surface area contributed by atoms with E-state index in [1.54, 1.807) is 0 Å². The first-order valence-electron chi connectivity index (χ1n) is 3.77. The first-order chi connectivity index (χ1) is 6.08. The summed E-state index contributed by atoms with van der Waals surface area (Å²) in [6.45, 7) is -0.0851. The highest BCUT2D eigenvalue weighted by atomic mass is 35.5. The molecule has 1 heterocycles. The first kappa shape index (κ1) is 10.3. The quantitative estimate of drug-likeness (QED) is 0.770. The number of hydrogen-bond donors (Lipinski definition) is 1. The van der Waals surface area contributed by atoms with E-state index in [0.29, 0.717) is 0 Å². The molecule has 0 spiro atoms. The van der Waals surface area contributed by atoms with Gasteiger partial charge in [0.25, 0.3) is 5.92 Å². The third-order valence-electron chi connectivity index (χ3n) is 1.61. The molecule has 0 aliphatic carbocycles. The number of pyridine rings is 1. The minimum Gasteiger partial charge on any atom is -0.330 e. The molecule has 0 aliphatic heterocycles. The van der Waals surface area contributed by atoms with Crippen LogP contribution in [-0.4, -0.2) is 11.5 Å². The van der Waals surface area contributed by atoms with Crippen molar-refractivity contribution in [2.24, 2.45) is 5.73 Å². The Morgan fingerprint density at radius 2 is 2.23 bits per heavy atom. The Morgan fingerprint density at radius 3 is 2.77 bits per heavy atom. The summed E-state index contributed by atoms with van der Waals surface area (Å²) in [5, 5.41) is -0.166. The predicted octanol–water partition coefficient (Wildman–Crippen LogP) is 2.18. The molecule has 1 aromatic heterocycles. The molecule has 5 heteroatoms. The molecule has 2 nitrogen and oxygen atoms in total. The molecule has 0 aromatic carbocycles. The highest BCUT2D eigenvalue weighted by molar-refractivity contribution is 6.30. The van der Waals surface area contributed by atoms with Crippen molar-refractivity contribution >= 4 is 11.6 Å². The average molecular weight is 207 g/mol. The number of nitrogens with zero attached hydrogens (tertiary/aromatic N) is 1. The molecule has 0 bridgehead atoms. The summed E-state index contributed by atoms with van der Waals surface area (Å²) in [4.78, 5) is 3.57. The molecule has 0 saturated heterocycles. The summed E-state index contributed by atoms with van der Waals surface area (Å²) in [5.74, 6) is -2.99. The van der Waals surface area contributed by atoms with Crippen molar-refractivity contribution in [1.82, 2.24) is 4.98 Å². The average Bonchev–Trinajstić information content (AvgIpc) is 2.04. The third-order valence-corrected chi connectivity index (χ3v) is 1.91. The van der Waals surface area contributed by atoms with Crippen LogP contribution >= 0.6 is 11.6 Å². The largest absolute Gasteiger partial charge is 0.330 e. The van der Waals surface area contributed by atoms with E-state index < -0.39 is 12.3 Å². The van der Waals surface area contributed by atoms with Crippen LogP contribution in [0.15, 0.2) is 18.3 Å². The highest BCUT2D eigenvalue weighted by Crippen LogP contribution is 2.34. The van der Waals surface area contributed by atoms with Crippen LogP contribution in [0.4, 0.5) is 8.78 Å².